The summed E-state index contributed by atoms with van der Waals surface area (Å²) in [6.07, 6.45) is 2.62. The monoisotopic (exact) mass is 413 g/mol. The van der Waals surface area contributed by atoms with Gasteiger partial charge in [0, 0.05) is 23.9 Å². The Balaban J connectivity index is 1.64. The molecule has 4 nitrogen and oxygen atoms in total. The van der Waals surface area contributed by atoms with E-state index in [0.717, 1.165) is 36.2 Å². The van der Waals surface area contributed by atoms with E-state index >= 15 is 0 Å². The van der Waals surface area contributed by atoms with E-state index in [9.17, 15) is 14.3 Å². The average molecular weight is 414 g/mol. The topological polar surface area (TPSA) is 49.8 Å². The van der Waals surface area contributed by atoms with E-state index in [1.54, 1.807) is 18.7 Å². The fourth-order valence-corrected chi connectivity index (χ4v) is 4.77. The highest BCUT2D eigenvalue weighted by atomic mass is 19.1. The number of hydrogen-bond donors (Lipinski definition) is 1. The summed E-state index contributed by atoms with van der Waals surface area (Å²) in [4.78, 5) is 13.2. The summed E-state index contributed by atoms with van der Waals surface area (Å²) in [6, 6.07) is 17.4. The first-order valence-corrected chi connectivity index (χ1v) is 10.7. The predicted octanol–water partition coefficient (Wildman–Crippen LogP) is 5.06. The number of aliphatic hydroxyl groups excluding tert-OH is 1. The van der Waals surface area contributed by atoms with Crippen LogP contribution in [0.25, 0.3) is 0 Å². The molecule has 0 radical (unpaired) electrons. The number of alkyl halides is 1. The summed E-state index contributed by atoms with van der Waals surface area (Å²) >= 11 is 0. The minimum Gasteiger partial charge on any atom is -0.396 e. The summed E-state index contributed by atoms with van der Waals surface area (Å²) in [7, 11) is 0. The maximum atomic E-state index is 14.8. The molecular weight excluding hydrogens is 381 g/mol. The van der Waals surface area contributed by atoms with Crippen LogP contribution in [0.3, 0.4) is 0 Å². The van der Waals surface area contributed by atoms with Gasteiger partial charge in [-0.25, -0.2) is 4.39 Å². The second-order valence-corrected chi connectivity index (χ2v) is 8.69. The van der Waals surface area contributed by atoms with Crippen LogP contribution in [0.5, 0.6) is 0 Å². The lowest BCUT2D eigenvalue weighted by atomic mass is 9.77. The Morgan fingerprint density at radius 1 is 1.03 bits per heavy atom. The molecule has 30 heavy (non-hydrogen) atoms. The molecule has 0 unspecified atom stereocenters. The molecule has 1 amide bonds. The first-order chi connectivity index (χ1) is 14.3. The van der Waals surface area contributed by atoms with Crippen LogP contribution in [0, 0.1) is 11.8 Å². The minimum atomic E-state index is -1.34. The minimum absolute atomic E-state index is 0.00674. The summed E-state index contributed by atoms with van der Waals surface area (Å²) in [5.74, 6) is -0.131. The van der Waals surface area contributed by atoms with Gasteiger partial charge in [0.15, 0.2) is 0 Å². The van der Waals surface area contributed by atoms with Crippen molar-refractivity contribution in [1.29, 1.82) is 0 Å². The second-order valence-electron chi connectivity index (χ2n) is 8.69. The number of benzene rings is 2. The zero-order valence-electron chi connectivity index (χ0n) is 18.0. The highest BCUT2D eigenvalue weighted by Crippen LogP contribution is 2.43. The van der Waals surface area contributed by atoms with E-state index in [2.05, 4.69) is 6.92 Å². The first kappa shape index (κ1) is 22.4. The van der Waals surface area contributed by atoms with Crippen molar-refractivity contribution < 1.29 is 19.0 Å². The van der Waals surface area contributed by atoms with Crippen molar-refractivity contribution in [2.75, 3.05) is 11.5 Å². The van der Waals surface area contributed by atoms with Gasteiger partial charge in [0.25, 0.3) is 0 Å². The Kier molecular flexibility index (Phi) is 7.27. The van der Waals surface area contributed by atoms with E-state index < -0.39 is 5.67 Å². The van der Waals surface area contributed by atoms with Gasteiger partial charge in [-0.3, -0.25) is 9.69 Å². The fraction of sp³-hybridized carbons (Fsp3) is 0.480. The number of halogens is 1. The molecule has 1 aliphatic rings. The molecule has 1 saturated heterocycles. The molecule has 2 aromatic rings. The van der Waals surface area contributed by atoms with Crippen LogP contribution in [0.2, 0.25) is 0 Å². The molecule has 1 N–H and O–H groups in total. The van der Waals surface area contributed by atoms with E-state index in [0.29, 0.717) is 6.42 Å². The number of para-hydroxylation sites is 1. The SMILES string of the molecule is C[C@H]1[C@H](C(C)(C)F)[C@@H](CCO)O[C@H]1CCc1ccc(N(C=O)c2ccccc2)cc1. The van der Waals surface area contributed by atoms with Gasteiger partial charge in [-0.05, 0) is 68.9 Å². The molecule has 0 bridgehead atoms. The number of carbonyl (C=O) groups is 1. The molecule has 5 heteroatoms. The molecule has 2 aromatic carbocycles. The van der Waals surface area contributed by atoms with E-state index in [1.165, 1.54) is 0 Å². The lowest BCUT2D eigenvalue weighted by Crippen LogP contribution is -2.37. The van der Waals surface area contributed by atoms with Crippen LogP contribution in [-0.2, 0) is 16.0 Å². The lowest BCUT2D eigenvalue weighted by Gasteiger charge is -2.30. The zero-order valence-corrected chi connectivity index (χ0v) is 18.0. The average Bonchev–Trinajstić information content (AvgIpc) is 3.04. The molecule has 0 aliphatic carbocycles. The van der Waals surface area contributed by atoms with Crippen molar-refractivity contribution in [1.82, 2.24) is 0 Å². The normalized spacial score (nSPS) is 24.0. The molecule has 1 aliphatic heterocycles. The van der Waals surface area contributed by atoms with Crippen LogP contribution in [0.15, 0.2) is 54.6 Å². The number of amides is 1. The number of hydrogen-bond acceptors (Lipinski definition) is 3. The Hall–Kier alpha value is -2.24. The van der Waals surface area contributed by atoms with Crippen molar-refractivity contribution in [3.63, 3.8) is 0 Å². The van der Waals surface area contributed by atoms with Gasteiger partial charge >= 0.3 is 0 Å². The van der Waals surface area contributed by atoms with Gasteiger partial charge in [-0.2, -0.15) is 0 Å². The van der Waals surface area contributed by atoms with Crippen molar-refractivity contribution in [3.05, 3.63) is 60.2 Å². The fourth-order valence-electron chi connectivity index (χ4n) is 4.77. The van der Waals surface area contributed by atoms with Crippen molar-refractivity contribution in [2.45, 2.75) is 57.9 Å². The van der Waals surface area contributed by atoms with Crippen LogP contribution in [-0.4, -0.2) is 36.0 Å². The van der Waals surface area contributed by atoms with Gasteiger partial charge in [0.1, 0.15) is 5.67 Å². The lowest BCUT2D eigenvalue weighted by molar-refractivity contribution is -0.106. The van der Waals surface area contributed by atoms with Crippen molar-refractivity contribution in [3.8, 4) is 0 Å². The van der Waals surface area contributed by atoms with E-state index in [1.807, 2.05) is 54.6 Å². The number of anilines is 2. The molecule has 3 rings (SSSR count). The Bertz CT molecular complexity index is 803. The van der Waals surface area contributed by atoms with Gasteiger partial charge in [-0.15, -0.1) is 0 Å². The quantitative estimate of drug-likeness (QED) is 0.585. The Morgan fingerprint density at radius 3 is 2.23 bits per heavy atom. The van der Waals surface area contributed by atoms with Crippen LogP contribution in [0.1, 0.15) is 39.2 Å². The standard InChI is InChI=1S/C25H32FNO3/c1-18-22(30-23(15-16-28)24(18)25(2,3)26)14-11-19-9-12-21(13-10-19)27(17-29)20-7-5-4-6-8-20/h4-10,12-13,17-18,22-24,28H,11,14-16H2,1-3H3/t18-,22+,23-,24+/m1/s1. The highest BCUT2D eigenvalue weighted by molar-refractivity contribution is 5.86. The molecule has 4 atom stereocenters. The van der Waals surface area contributed by atoms with Gasteiger partial charge in [0.05, 0.1) is 12.2 Å². The maximum absolute atomic E-state index is 14.8. The number of aliphatic hydroxyl groups is 1. The number of carbonyl (C=O) groups excluding carboxylic acids is 1. The molecule has 0 aromatic heterocycles. The molecule has 0 saturated carbocycles. The highest BCUT2D eigenvalue weighted by Gasteiger charge is 2.48. The van der Waals surface area contributed by atoms with Gasteiger partial charge < -0.3 is 9.84 Å². The largest absolute Gasteiger partial charge is 0.396 e. The molecule has 162 valence electrons. The van der Waals surface area contributed by atoms with Crippen LogP contribution >= 0.6 is 0 Å². The third kappa shape index (κ3) is 5.08. The predicted molar refractivity (Wildman–Crippen MR) is 118 cm³/mol. The summed E-state index contributed by atoms with van der Waals surface area (Å²) < 4.78 is 20.9. The van der Waals surface area contributed by atoms with Crippen molar-refractivity contribution >= 4 is 17.8 Å². The van der Waals surface area contributed by atoms with E-state index in [-0.39, 0.29) is 30.7 Å². The molecular formula is C25H32FNO3. The third-order valence-electron chi connectivity index (χ3n) is 6.18. The van der Waals surface area contributed by atoms with Crippen LogP contribution < -0.4 is 4.90 Å². The van der Waals surface area contributed by atoms with Crippen LogP contribution in [0.4, 0.5) is 15.8 Å². The Labute approximate surface area is 178 Å². The number of rotatable bonds is 9. The van der Waals surface area contributed by atoms with Crippen molar-refractivity contribution in [2.24, 2.45) is 11.8 Å². The first-order valence-electron chi connectivity index (χ1n) is 10.7. The number of aryl methyl sites for hydroxylation is 1. The molecule has 0 spiro atoms. The summed E-state index contributed by atoms with van der Waals surface area (Å²) in [5.41, 5.74) is 1.44. The smallest absolute Gasteiger partial charge is 0.218 e. The number of nitrogens with zero attached hydrogens (tertiary/aromatic N) is 1. The second kappa shape index (κ2) is 9.71. The zero-order chi connectivity index (χ0) is 21.7. The molecule has 1 fully saturated rings. The maximum Gasteiger partial charge on any atom is 0.218 e. The summed E-state index contributed by atoms with van der Waals surface area (Å²) in [5, 5.41) is 9.33. The van der Waals surface area contributed by atoms with Gasteiger partial charge in [0.2, 0.25) is 6.41 Å². The van der Waals surface area contributed by atoms with E-state index in [4.69, 9.17) is 4.74 Å². The Morgan fingerprint density at radius 2 is 1.67 bits per heavy atom. The molecule has 1 heterocycles. The third-order valence-corrected chi connectivity index (χ3v) is 6.18. The number of ether oxygens (including phenoxy) is 1. The van der Waals surface area contributed by atoms with Gasteiger partial charge in [-0.1, -0.05) is 37.3 Å². The summed E-state index contributed by atoms with van der Waals surface area (Å²) in [6.45, 7) is 5.27.